The van der Waals surface area contributed by atoms with Crippen LogP contribution in [0.25, 0.3) is 0 Å². The first-order chi connectivity index (χ1) is 7.38. The second kappa shape index (κ2) is 4.76. The van der Waals surface area contributed by atoms with Gasteiger partial charge in [-0.1, -0.05) is 0 Å². The summed E-state index contributed by atoms with van der Waals surface area (Å²) in [6, 6.07) is 6.39. The van der Waals surface area contributed by atoms with Crippen molar-refractivity contribution in [2.75, 3.05) is 18.4 Å². The first-order valence-electron chi connectivity index (χ1n) is 5.22. The molecule has 0 amide bonds. The summed E-state index contributed by atoms with van der Waals surface area (Å²) in [5.41, 5.74) is 0.594. The molecule has 4 heteroatoms. The molecule has 0 radical (unpaired) electrons. The summed E-state index contributed by atoms with van der Waals surface area (Å²) >= 11 is 0. The molecule has 0 bridgehead atoms. The highest BCUT2D eigenvalue weighted by Gasteiger charge is 2.19. The summed E-state index contributed by atoms with van der Waals surface area (Å²) < 4.78 is 0. The van der Waals surface area contributed by atoms with Crippen LogP contribution in [-0.4, -0.2) is 24.1 Å². The second-order valence-corrected chi connectivity index (χ2v) is 3.70. The van der Waals surface area contributed by atoms with Crippen LogP contribution in [0.2, 0.25) is 0 Å². The van der Waals surface area contributed by atoms with Gasteiger partial charge in [-0.3, -0.25) is 0 Å². The Morgan fingerprint density at radius 1 is 1.40 bits per heavy atom. The van der Waals surface area contributed by atoms with E-state index in [0.29, 0.717) is 5.56 Å². The van der Waals surface area contributed by atoms with Gasteiger partial charge in [0, 0.05) is 25.3 Å². The van der Waals surface area contributed by atoms with Gasteiger partial charge in [0.15, 0.2) is 0 Å². The molecule has 0 atom stereocenters. The van der Waals surface area contributed by atoms with Crippen LogP contribution < -0.4 is 10.6 Å². The van der Waals surface area contributed by atoms with E-state index in [4.69, 9.17) is 5.26 Å². The van der Waals surface area contributed by atoms with E-state index in [1.807, 2.05) is 12.1 Å². The van der Waals surface area contributed by atoms with E-state index >= 15 is 0 Å². The third-order valence-electron chi connectivity index (χ3n) is 2.33. The summed E-state index contributed by atoms with van der Waals surface area (Å²) in [5.74, 6) is 0.826. The molecular formula is C11H14N4. The van der Waals surface area contributed by atoms with Crippen molar-refractivity contribution in [2.24, 2.45) is 0 Å². The molecule has 1 saturated carbocycles. The molecule has 1 heterocycles. The van der Waals surface area contributed by atoms with E-state index in [-0.39, 0.29) is 0 Å². The van der Waals surface area contributed by atoms with Crippen molar-refractivity contribution in [1.29, 1.82) is 5.26 Å². The van der Waals surface area contributed by atoms with Crippen molar-refractivity contribution >= 4 is 5.82 Å². The van der Waals surface area contributed by atoms with Gasteiger partial charge in [0.2, 0.25) is 0 Å². The summed E-state index contributed by atoms with van der Waals surface area (Å²) in [7, 11) is 0. The van der Waals surface area contributed by atoms with Crippen molar-refractivity contribution in [2.45, 2.75) is 18.9 Å². The maximum atomic E-state index is 8.59. The van der Waals surface area contributed by atoms with E-state index < -0.39 is 0 Å². The predicted molar refractivity (Wildman–Crippen MR) is 58.5 cm³/mol. The largest absolute Gasteiger partial charge is 0.369 e. The van der Waals surface area contributed by atoms with E-state index in [2.05, 4.69) is 15.6 Å². The number of hydrogen-bond donors (Lipinski definition) is 2. The van der Waals surface area contributed by atoms with Crippen molar-refractivity contribution in [3.8, 4) is 6.07 Å². The Kier molecular flexibility index (Phi) is 3.15. The zero-order valence-corrected chi connectivity index (χ0v) is 8.53. The minimum atomic E-state index is 0.594. The van der Waals surface area contributed by atoms with Crippen LogP contribution in [0, 0.1) is 11.3 Å². The van der Waals surface area contributed by atoms with Crippen molar-refractivity contribution < 1.29 is 0 Å². The van der Waals surface area contributed by atoms with Crippen LogP contribution in [0.15, 0.2) is 18.3 Å². The average molecular weight is 202 g/mol. The van der Waals surface area contributed by atoms with Crippen LogP contribution in [0.3, 0.4) is 0 Å². The molecule has 4 nitrogen and oxygen atoms in total. The van der Waals surface area contributed by atoms with Crippen LogP contribution in [0.4, 0.5) is 5.82 Å². The molecule has 2 N–H and O–H groups in total. The van der Waals surface area contributed by atoms with E-state index in [1.165, 1.54) is 12.8 Å². The number of rotatable bonds is 5. The Hall–Kier alpha value is -1.60. The maximum absolute atomic E-state index is 8.59. The molecule has 1 aromatic rings. The first-order valence-corrected chi connectivity index (χ1v) is 5.22. The van der Waals surface area contributed by atoms with Gasteiger partial charge in [0.1, 0.15) is 11.9 Å². The Morgan fingerprint density at radius 2 is 2.27 bits per heavy atom. The topological polar surface area (TPSA) is 60.7 Å². The van der Waals surface area contributed by atoms with E-state index in [1.54, 1.807) is 12.3 Å². The summed E-state index contributed by atoms with van der Waals surface area (Å²) in [6.07, 6.45) is 4.21. The molecule has 0 spiro atoms. The maximum Gasteiger partial charge on any atom is 0.126 e. The van der Waals surface area contributed by atoms with Crippen molar-refractivity contribution in [1.82, 2.24) is 10.3 Å². The average Bonchev–Trinajstić information content (AvgIpc) is 3.09. The second-order valence-electron chi connectivity index (χ2n) is 3.70. The quantitative estimate of drug-likeness (QED) is 0.702. The van der Waals surface area contributed by atoms with Crippen LogP contribution in [0.1, 0.15) is 18.4 Å². The van der Waals surface area contributed by atoms with Crippen LogP contribution in [-0.2, 0) is 0 Å². The lowest BCUT2D eigenvalue weighted by Crippen LogP contribution is -2.24. The van der Waals surface area contributed by atoms with Crippen LogP contribution in [0.5, 0.6) is 0 Å². The third-order valence-corrected chi connectivity index (χ3v) is 2.33. The summed E-state index contributed by atoms with van der Waals surface area (Å²) in [4.78, 5) is 4.12. The Bertz CT molecular complexity index is 348. The minimum absolute atomic E-state index is 0.594. The highest BCUT2D eigenvalue weighted by Crippen LogP contribution is 2.17. The Morgan fingerprint density at radius 3 is 2.87 bits per heavy atom. The fourth-order valence-electron chi connectivity index (χ4n) is 1.32. The molecule has 0 unspecified atom stereocenters. The molecule has 1 aliphatic rings. The monoisotopic (exact) mass is 202 g/mol. The Labute approximate surface area is 89.3 Å². The van der Waals surface area contributed by atoms with Gasteiger partial charge in [-0.05, 0) is 25.0 Å². The normalized spacial score (nSPS) is 14.6. The molecule has 15 heavy (non-hydrogen) atoms. The van der Waals surface area contributed by atoms with Gasteiger partial charge >= 0.3 is 0 Å². The predicted octanol–water partition coefficient (Wildman–Crippen LogP) is 1.12. The zero-order valence-electron chi connectivity index (χ0n) is 8.53. The lowest BCUT2D eigenvalue weighted by atomic mass is 10.3. The number of nitrogens with one attached hydrogen (secondary N) is 2. The van der Waals surface area contributed by atoms with Gasteiger partial charge in [-0.15, -0.1) is 0 Å². The zero-order chi connectivity index (χ0) is 10.5. The molecule has 2 rings (SSSR count). The Balaban J connectivity index is 1.70. The first kappa shape index (κ1) is 9.94. The number of pyridine rings is 1. The SMILES string of the molecule is N#Cc1ccc(NCCNC2CC2)nc1. The van der Waals surface area contributed by atoms with Crippen molar-refractivity contribution in [3.63, 3.8) is 0 Å². The highest BCUT2D eigenvalue weighted by molar-refractivity contribution is 5.38. The lowest BCUT2D eigenvalue weighted by molar-refractivity contribution is 0.700. The van der Waals surface area contributed by atoms with Gasteiger partial charge in [-0.2, -0.15) is 5.26 Å². The van der Waals surface area contributed by atoms with E-state index in [9.17, 15) is 0 Å². The smallest absolute Gasteiger partial charge is 0.126 e. The highest BCUT2D eigenvalue weighted by atomic mass is 15.0. The number of nitrogens with zero attached hydrogens (tertiary/aromatic N) is 2. The fraction of sp³-hybridized carbons (Fsp3) is 0.455. The molecule has 1 aliphatic carbocycles. The van der Waals surface area contributed by atoms with Gasteiger partial charge < -0.3 is 10.6 Å². The molecule has 1 fully saturated rings. The minimum Gasteiger partial charge on any atom is -0.369 e. The molecule has 78 valence electrons. The summed E-state index contributed by atoms with van der Waals surface area (Å²) in [6.45, 7) is 1.84. The molecule has 0 aliphatic heterocycles. The van der Waals surface area contributed by atoms with Gasteiger partial charge in [0.05, 0.1) is 5.56 Å². The molecule has 0 saturated heterocycles. The number of aromatic nitrogens is 1. The van der Waals surface area contributed by atoms with Gasteiger partial charge in [-0.25, -0.2) is 4.98 Å². The van der Waals surface area contributed by atoms with Gasteiger partial charge in [0.25, 0.3) is 0 Å². The number of nitriles is 1. The third kappa shape index (κ3) is 3.22. The summed E-state index contributed by atoms with van der Waals surface area (Å²) in [5, 5.41) is 15.2. The lowest BCUT2D eigenvalue weighted by Gasteiger charge is -2.05. The van der Waals surface area contributed by atoms with E-state index in [0.717, 1.165) is 24.9 Å². The number of anilines is 1. The number of hydrogen-bond acceptors (Lipinski definition) is 4. The fourth-order valence-corrected chi connectivity index (χ4v) is 1.32. The standard InChI is InChI=1S/C11H14N4/c12-7-9-1-4-11(15-8-9)14-6-5-13-10-2-3-10/h1,4,8,10,13H,2-3,5-6H2,(H,14,15). The molecule has 1 aromatic heterocycles. The van der Waals surface area contributed by atoms with Crippen LogP contribution >= 0.6 is 0 Å². The van der Waals surface area contributed by atoms with Crippen molar-refractivity contribution in [3.05, 3.63) is 23.9 Å². The molecule has 0 aromatic carbocycles. The molecular weight excluding hydrogens is 188 g/mol.